The lowest BCUT2D eigenvalue weighted by molar-refractivity contribution is -0.819. The number of rotatable bonds is 0. The van der Waals surface area contributed by atoms with Gasteiger partial charge < -0.3 is 0 Å². The highest BCUT2D eigenvalue weighted by Gasteiger charge is 2.41. The van der Waals surface area contributed by atoms with E-state index < -0.39 is 0 Å². The molecule has 5 heterocycles. The third-order valence-corrected chi connectivity index (χ3v) is 8.97. The number of aromatic nitrogens is 2. The van der Waals surface area contributed by atoms with Crippen molar-refractivity contribution in [3.63, 3.8) is 0 Å². The van der Waals surface area contributed by atoms with Crippen LogP contribution in [0, 0.1) is 17.5 Å². The van der Waals surface area contributed by atoms with Crippen LogP contribution in [0.3, 0.4) is 0 Å². The fraction of sp³-hybridized carbons (Fsp3) is 0.0323. The normalized spacial score (nSPS) is 15.9. The maximum atomic E-state index is 15.4. The lowest BCUT2D eigenvalue weighted by atomic mass is 9.83. The molecule has 2 nitrogen and oxygen atoms in total. The Kier molecular flexibility index (Phi) is 3.33. The first-order valence-electron chi connectivity index (χ1n) is 11.9. The van der Waals surface area contributed by atoms with Crippen LogP contribution in [0.5, 0.6) is 0 Å². The molecular formula is C31H16F2N2S+2. The first-order chi connectivity index (χ1) is 17.7. The van der Waals surface area contributed by atoms with Crippen LogP contribution in [0.4, 0.5) is 8.78 Å². The second kappa shape index (κ2) is 6.31. The highest BCUT2D eigenvalue weighted by Crippen LogP contribution is 2.48. The van der Waals surface area contributed by atoms with Gasteiger partial charge in [0.1, 0.15) is 11.6 Å². The van der Waals surface area contributed by atoms with Crippen LogP contribution in [0.25, 0.3) is 53.1 Å². The second-order valence-electron chi connectivity index (χ2n) is 9.67. The molecule has 1 unspecified atom stereocenters. The summed E-state index contributed by atoms with van der Waals surface area (Å²) in [6.45, 7) is 0. The Morgan fingerprint density at radius 2 is 1.47 bits per heavy atom. The minimum Gasteiger partial charge on any atom is -0.207 e. The van der Waals surface area contributed by atoms with Gasteiger partial charge in [0.2, 0.25) is 11.2 Å². The van der Waals surface area contributed by atoms with Gasteiger partial charge in [-0.05, 0) is 58.3 Å². The van der Waals surface area contributed by atoms with Crippen molar-refractivity contribution < 1.29 is 17.9 Å². The van der Waals surface area contributed by atoms with Gasteiger partial charge in [0.25, 0.3) is 0 Å². The molecule has 3 aromatic heterocycles. The van der Waals surface area contributed by atoms with E-state index in [1.54, 1.807) is 35.6 Å². The Bertz CT molecular complexity index is 2140. The zero-order valence-corrected chi connectivity index (χ0v) is 19.6. The molecule has 0 radical (unpaired) electrons. The molecule has 7 aromatic rings. The number of benzene rings is 4. The molecule has 0 fully saturated rings. The number of nitrogens with zero attached hydrogens (tertiary/aromatic N) is 2. The zero-order valence-electron chi connectivity index (χ0n) is 18.8. The zero-order chi connectivity index (χ0) is 23.7. The molecule has 9 rings (SSSR count). The Morgan fingerprint density at radius 1 is 0.667 bits per heavy atom. The van der Waals surface area contributed by atoms with E-state index in [-0.39, 0.29) is 17.6 Å². The molecule has 2 aliphatic rings. The minimum absolute atomic E-state index is 0.167. The maximum absolute atomic E-state index is 15.4. The number of halogens is 2. The van der Waals surface area contributed by atoms with Crippen molar-refractivity contribution in [3.05, 3.63) is 120 Å². The van der Waals surface area contributed by atoms with Crippen molar-refractivity contribution in [1.82, 2.24) is 0 Å². The first kappa shape index (κ1) is 19.0. The van der Waals surface area contributed by atoms with E-state index >= 15 is 4.39 Å². The first-order valence-corrected chi connectivity index (χ1v) is 12.8. The molecule has 0 saturated carbocycles. The maximum Gasteiger partial charge on any atom is 0.452 e. The molecule has 0 aliphatic carbocycles. The van der Waals surface area contributed by atoms with Crippen LogP contribution in [0.15, 0.2) is 91.3 Å². The highest BCUT2D eigenvalue weighted by molar-refractivity contribution is 7.26. The van der Waals surface area contributed by atoms with Gasteiger partial charge in [-0.1, -0.05) is 18.2 Å². The monoisotopic (exact) mass is 486 g/mol. The average molecular weight is 487 g/mol. The van der Waals surface area contributed by atoms with Crippen LogP contribution >= 0.6 is 11.3 Å². The van der Waals surface area contributed by atoms with Crippen LogP contribution in [-0.2, 0) is 0 Å². The largest absolute Gasteiger partial charge is 0.452 e. The number of thiophene rings is 1. The summed E-state index contributed by atoms with van der Waals surface area (Å²) in [5.74, 6) is 0.247. The summed E-state index contributed by atoms with van der Waals surface area (Å²) in [6.07, 6.45) is 6.45. The van der Waals surface area contributed by atoms with Crippen LogP contribution in [0.1, 0.15) is 17.0 Å². The van der Waals surface area contributed by atoms with E-state index in [0.29, 0.717) is 0 Å². The van der Waals surface area contributed by atoms with Gasteiger partial charge in [0.05, 0.1) is 22.4 Å². The molecule has 0 saturated heterocycles. The van der Waals surface area contributed by atoms with E-state index in [0.717, 1.165) is 70.1 Å². The van der Waals surface area contributed by atoms with Crippen LogP contribution < -0.4 is 9.13 Å². The Balaban J connectivity index is 1.62. The summed E-state index contributed by atoms with van der Waals surface area (Å²) >= 11 is 1.59. The van der Waals surface area contributed by atoms with Crippen molar-refractivity contribution in [3.8, 4) is 11.3 Å². The van der Waals surface area contributed by atoms with Crippen molar-refractivity contribution in [2.45, 2.75) is 5.92 Å². The van der Waals surface area contributed by atoms with E-state index in [9.17, 15) is 4.39 Å². The quantitative estimate of drug-likeness (QED) is 0.162. The van der Waals surface area contributed by atoms with Crippen molar-refractivity contribution in [2.75, 3.05) is 0 Å². The summed E-state index contributed by atoms with van der Waals surface area (Å²) in [5.41, 5.74) is 5.31. The fourth-order valence-corrected chi connectivity index (χ4v) is 7.69. The van der Waals surface area contributed by atoms with Gasteiger partial charge >= 0.3 is 5.82 Å². The van der Waals surface area contributed by atoms with Gasteiger partial charge in [-0.25, -0.2) is 8.78 Å². The molecule has 0 spiro atoms. The molecule has 2 bridgehead atoms. The van der Waals surface area contributed by atoms with Gasteiger partial charge in [-0.2, -0.15) is 0 Å². The van der Waals surface area contributed by atoms with Crippen molar-refractivity contribution >= 4 is 53.2 Å². The fourth-order valence-electron chi connectivity index (χ4n) is 6.54. The summed E-state index contributed by atoms with van der Waals surface area (Å²) in [6, 6.07) is 23.2. The molecule has 2 aliphatic heterocycles. The van der Waals surface area contributed by atoms with Gasteiger partial charge in [0, 0.05) is 38.9 Å². The highest BCUT2D eigenvalue weighted by atomic mass is 32.1. The van der Waals surface area contributed by atoms with E-state index in [4.69, 9.17) is 0 Å². The summed E-state index contributed by atoms with van der Waals surface area (Å²) in [4.78, 5) is 0. The molecular weight excluding hydrogens is 470 g/mol. The molecule has 0 N–H and O–H groups in total. The number of allylic oxidation sites excluding steroid dienone is 1. The standard InChI is InChI=1S/C31H16F2N2S/c32-16-11-21-20-15-27(34-9-4-3-7-24(34)19-6-2-1-5-18(19)20)35-10-8-25-30-29-23(13-17(33)14-26(29)36-25)22(12-16)28(21)31(30)35/h1-15,20H/q+2. The lowest BCUT2D eigenvalue weighted by Crippen LogP contribution is -2.54. The molecule has 4 aromatic carbocycles. The summed E-state index contributed by atoms with van der Waals surface area (Å²) in [5, 5.41) is 4.66. The predicted molar refractivity (Wildman–Crippen MR) is 138 cm³/mol. The van der Waals surface area contributed by atoms with E-state index in [1.807, 2.05) is 12.1 Å². The SMILES string of the molecule is Fc1cc2c3c(c1)c1cc(F)cc4sc5cc[n+](c3c5c41)C1=CC2c2ccccc2-c2cccc[n+]21. The third-order valence-electron chi connectivity index (χ3n) is 7.87. The Labute approximate surface area is 207 Å². The second-order valence-corrected chi connectivity index (χ2v) is 10.7. The van der Waals surface area contributed by atoms with E-state index in [1.165, 1.54) is 0 Å². The van der Waals surface area contributed by atoms with Crippen molar-refractivity contribution in [1.29, 1.82) is 0 Å². The van der Waals surface area contributed by atoms with E-state index in [2.05, 4.69) is 64.0 Å². The third kappa shape index (κ3) is 2.16. The molecule has 36 heavy (non-hydrogen) atoms. The number of pyridine rings is 2. The number of hydrogen-bond acceptors (Lipinski definition) is 1. The number of fused-ring (bicyclic) bond motifs is 9. The smallest absolute Gasteiger partial charge is 0.207 e. The molecule has 0 amide bonds. The minimum atomic E-state index is -0.303. The van der Waals surface area contributed by atoms with Gasteiger partial charge in [-0.15, -0.1) is 20.5 Å². The summed E-state index contributed by atoms with van der Waals surface area (Å²) in [7, 11) is 0. The molecule has 168 valence electrons. The molecule has 5 heteroatoms. The Hall–Kier alpha value is -4.22. The average Bonchev–Trinajstić information content (AvgIpc) is 3.11. The van der Waals surface area contributed by atoms with Crippen LogP contribution in [0.2, 0.25) is 0 Å². The Morgan fingerprint density at radius 3 is 2.39 bits per heavy atom. The molecule has 1 atom stereocenters. The van der Waals surface area contributed by atoms with Crippen molar-refractivity contribution in [2.24, 2.45) is 0 Å². The summed E-state index contributed by atoms with van der Waals surface area (Å²) < 4.78 is 36.7. The number of hydrogen-bond donors (Lipinski definition) is 0. The van der Waals surface area contributed by atoms with Gasteiger partial charge in [-0.3, -0.25) is 0 Å². The topological polar surface area (TPSA) is 7.76 Å². The van der Waals surface area contributed by atoms with Crippen LogP contribution in [-0.4, -0.2) is 0 Å². The lowest BCUT2D eigenvalue weighted by Gasteiger charge is -2.17. The predicted octanol–water partition coefficient (Wildman–Crippen LogP) is 6.94. The van der Waals surface area contributed by atoms with Gasteiger partial charge in [0.15, 0.2) is 12.4 Å².